The van der Waals surface area contributed by atoms with Gasteiger partial charge in [0.15, 0.2) is 0 Å². The number of amides is 1. The molecular weight excluding hydrogens is 370 g/mol. The lowest BCUT2D eigenvalue weighted by molar-refractivity contribution is -0.130. The fourth-order valence-corrected chi connectivity index (χ4v) is 3.08. The third-order valence-corrected chi connectivity index (χ3v) is 4.58. The van der Waals surface area contributed by atoms with Crippen molar-refractivity contribution in [3.63, 3.8) is 0 Å². The number of hydrogen-bond donors (Lipinski definition) is 0. The predicted molar refractivity (Wildman–Crippen MR) is 117 cm³/mol. The Kier molecular flexibility index (Phi) is 6.45. The van der Waals surface area contributed by atoms with Crippen LogP contribution in [-0.4, -0.2) is 33.4 Å². The SMILES string of the molecule is C=CCN(CC=C)C(=O)Cn1c(/C=C/c2ccc(Cl)cc2)nc2ccccc21. The van der Waals surface area contributed by atoms with Crippen molar-refractivity contribution in [3.05, 3.63) is 90.3 Å². The number of aromatic nitrogens is 2. The first-order valence-corrected chi connectivity index (χ1v) is 9.38. The Bertz CT molecular complexity index is 1010. The zero-order chi connectivity index (χ0) is 19.9. The minimum Gasteiger partial charge on any atom is -0.334 e. The molecule has 0 saturated heterocycles. The van der Waals surface area contributed by atoms with E-state index >= 15 is 0 Å². The van der Waals surface area contributed by atoms with Gasteiger partial charge in [0.25, 0.3) is 0 Å². The lowest BCUT2D eigenvalue weighted by Gasteiger charge is -2.20. The fourth-order valence-electron chi connectivity index (χ4n) is 2.96. The molecule has 0 radical (unpaired) electrons. The van der Waals surface area contributed by atoms with E-state index in [1.807, 2.05) is 65.3 Å². The number of nitrogens with zero attached hydrogens (tertiary/aromatic N) is 3. The molecule has 3 rings (SSSR count). The van der Waals surface area contributed by atoms with Crippen LogP contribution in [0.1, 0.15) is 11.4 Å². The molecule has 0 aliphatic carbocycles. The van der Waals surface area contributed by atoms with Gasteiger partial charge in [0.2, 0.25) is 5.91 Å². The number of halogens is 1. The highest BCUT2D eigenvalue weighted by Crippen LogP contribution is 2.19. The zero-order valence-corrected chi connectivity index (χ0v) is 16.3. The summed E-state index contributed by atoms with van der Waals surface area (Å²) in [4.78, 5) is 19.2. The predicted octanol–water partition coefficient (Wildman–Crippen LogP) is 5.06. The smallest absolute Gasteiger partial charge is 0.243 e. The normalized spacial score (nSPS) is 11.0. The Balaban J connectivity index is 1.94. The standard InChI is InChI=1S/C23H22ClN3O/c1-3-15-26(16-4-2)23(28)17-27-21-8-6-5-7-20(21)25-22(27)14-11-18-9-12-19(24)13-10-18/h3-14H,1-2,15-17H2/b14-11+. The van der Waals surface area contributed by atoms with Gasteiger partial charge >= 0.3 is 0 Å². The second kappa shape index (κ2) is 9.20. The monoisotopic (exact) mass is 391 g/mol. The molecule has 2 aromatic carbocycles. The van der Waals surface area contributed by atoms with Gasteiger partial charge in [-0.15, -0.1) is 13.2 Å². The van der Waals surface area contributed by atoms with Gasteiger partial charge in [-0.05, 0) is 35.9 Å². The van der Waals surface area contributed by atoms with Gasteiger partial charge in [0, 0.05) is 18.1 Å². The quantitative estimate of drug-likeness (QED) is 0.503. The first-order valence-electron chi connectivity index (χ1n) is 9.01. The molecule has 0 bridgehead atoms. The minimum absolute atomic E-state index is 0.0101. The number of imidazole rings is 1. The lowest BCUT2D eigenvalue weighted by atomic mass is 10.2. The first-order chi connectivity index (χ1) is 13.6. The molecule has 0 fully saturated rings. The van der Waals surface area contributed by atoms with Crippen molar-refractivity contribution in [1.29, 1.82) is 0 Å². The summed E-state index contributed by atoms with van der Waals surface area (Å²) < 4.78 is 1.93. The summed E-state index contributed by atoms with van der Waals surface area (Å²) in [5.41, 5.74) is 2.78. The Morgan fingerprint density at radius 3 is 2.39 bits per heavy atom. The van der Waals surface area contributed by atoms with Gasteiger partial charge < -0.3 is 9.47 Å². The maximum absolute atomic E-state index is 12.8. The van der Waals surface area contributed by atoms with Gasteiger partial charge in [-0.25, -0.2) is 4.98 Å². The van der Waals surface area contributed by atoms with Crippen molar-refractivity contribution >= 4 is 40.7 Å². The van der Waals surface area contributed by atoms with Gasteiger partial charge in [0.05, 0.1) is 11.0 Å². The van der Waals surface area contributed by atoms with E-state index < -0.39 is 0 Å². The highest BCUT2D eigenvalue weighted by Gasteiger charge is 2.16. The van der Waals surface area contributed by atoms with Gasteiger partial charge in [-0.3, -0.25) is 4.79 Å². The largest absolute Gasteiger partial charge is 0.334 e. The Morgan fingerprint density at radius 2 is 1.71 bits per heavy atom. The number of rotatable bonds is 8. The van der Waals surface area contributed by atoms with Crippen LogP contribution in [0.4, 0.5) is 0 Å². The first kappa shape index (κ1) is 19.6. The van der Waals surface area contributed by atoms with Crippen LogP contribution in [0.2, 0.25) is 5.02 Å². The van der Waals surface area contributed by atoms with Crippen LogP contribution in [0, 0.1) is 0 Å². The molecule has 0 aliphatic rings. The van der Waals surface area contributed by atoms with Crippen LogP contribution < -0.4 is 0 Å². The highest BCUT2D eigenvalue weighted by molar-refractivity contribution is 6.30. The van der Waals surface area contributed by atoms with E-state index in [1.54, 1.807) is 17.1 Å². The number of fused-ring (bicyclic) bond motifs is 1. The summed E-state index contributed by atoms with van der Waals surface area (Å²) in [6.07, 6.45) is 7.31. The molecule has 1 aromatic heterocycles. The average Bonchev–Trinajstić information content (AvgIpc) is 3.05. The summed E-state index contributed by atoms with van der Waals surface area (Å²) in [7, 11) is 0. The van der Waals surface area contributed by atoms with E-state index in [0.717, 1.165) is 22.4 Å². The lowest BCUT2D eigenvalue weighted by Crippen LogP contribution is -2.34. The van der Waals surface area contributed by atoms with Gasteiger partial charge in [0.1, 0.15) is 12.4 Å². The second-order valence-corrected chi connectivity index (χ2v) is 6.74. The molecule has 0 unspecified atom stereocenters. The number of benzene rings is 2. The molecule has 5 heteroatoms. The summed E-state index contributed by atoms with van der Waals surface area (Å²) in [5, 5.41) is 0.694. The molecule has 28 heavy (non-hydrogen) atoms. The molecule has 0 aliphatic heterocycles. The van der Waals surface area contributed by atoms with E-state index in [4.69, 9.17) is 11.6 Å². The van der Waals surface area contributed by atoms with Crippen molar-refractivity contribution in [1.82, 2.24) is 14.5 Å². The third kappa shape index (κ3) is 4.59. The zero-order valence-electron chi connectivity index (χ0n) is 15.6. The van der Waals surface area contributed by atoms with Gasteiger partial charge in [-0.2, -0.15) is 0 Å². The van der Waals surface area contributed by atoms with Crippen LogP contribution in [0.15, 0.2) is 73.8 Å². The van der Waals surface area contributed by atoms with Crippen LogP contribution in [0.3, 0.4) is 0 Å². The third-order valence-electron chi connectivity index (χ3n) is 4.32. The fraction of sp³-hybridized carbons (Fsp3) is 0.130. The van der Waals surface area contributed by atoms with Crippen molar-refractivity contribution in [3.8, 4) is 0 Å². The molecule has 142 valence electrons. The summed E-state index contributed by atoms with van der Waals surface area (Å²) in [6.45, 7) is 8.62. The van der Waals surface area contributed by atoms with E-state index in [2.05, 4.69) is 18.1 Å². The minimum atomic E-state index is -0.0101. The van der Waals surface area contributed by atoms with Crippen LogP contribution in [0.5, 0.6) is 0 Å². The van der Waals surface area contributed by atoms with Crippen LogP contribution >= 0.6 is 11.6 Å². The van der Waals surface area contributed by atoms with Crippen LogP contribution in [0.25, 0.3) is 23.2 Å². The summed E-state index contributed by atoms with van der Waals surface area (Å²) >= 11 is 5.95. The Labute approximate surface area is 170 Å². The maximum atomic E-state index is 12.8. The van der Waals surface area contributed by atoms with Crippen LogP contribution in [-0.2, 0) is 11.3 Å². The Hall–Kier alpha value is -3.11. The molecule has 3 aromatic rings. The molecule has 0 N–H and O–H groups in total. The number of carbonyl (C=O) groups is 1. The molecule has 0 spiro atoms. The topological polar surface area (TPSA) is 38.1 Å². The van der Waals surface area contributed by atoms with Crippen molar-refractivity contribution in [2.45, 2.75) is 6.54 Å². The number of carbonyl (C=O) groups excluding carboxylic acids is 1. The summed E-state index contributed by atoms with van der Waals surface area (Å²) in [5.74, 6) is 0.714. The van der Waals surface area contributed by atoms with Crippen molar-refractivity contribution in [2.24, 2.45) is 0 Å². The van der Waals surface area contributed by atoms with Crippen molar-refractivity contribution < 1.29 is 4.79 Å². The molecule has 4 nitrogen and oxygen atoms in total. The molecule has 1 heterocycles. The van der Waals surface area contributed by atoms with E-state index in [1.165, 1.54) is 0 Å². The van der Waals surface area contributed by atoms with E-state index in [9.17, 15) is 4.79 Å². The number of hydrogen-bond acceptors (Lipinski definition) is 2. The maximum Gasteiger partial charge on any atom is 0.243 e. The number of para-hydroxylation sites is 2. The Morgan fingerprint density at radius 1 is 1.04 bits per heavy atom. The molecule has 1 amide bonds. The molecule has 0 saturated carbocycles. The molecular formula is C23H22ClN3O. The van der Waals surface area contributed by atoms with Crippen molar-refractivity contribution in [2.75, 3.05) is 13.1 Å². The average molecular weight is 392 g/mol. The summed E-state index contributed by atoms with van der Waals surface area (Å²) in [6, 6.07) is 15.4. The second-order valence-electron chi connectivity index (χ2n) is 6.31. The van der Waals surface area contributed by atoms with E-state index in [0.29, 0.717) is 18.1 Å². The van der Waals surface area contributed by atoms with Gasteiger partial charge in [-0.1, -0.05) is 54.1 Å². The molecule has 0 atom stereocenters. The van der Waals surface area contributed by atoms with E-state index in [-0.39, 0.29) is 12.5 Å². The highest BCUT2D eigenvalue weighted by atomic mass is 35.5.